The standard InChI is InChI=1S/C24H34N4O2/c1-5-27-12-14-28(15-13-27)22-11-8-19(25)16-21(22)26-23(29)17-30-20-9-6-18(7-10-20)24(2,3)4/h6-11,16H,5,12-15,17,25H2,1-4H3,(H,26,29). The van der Waals surface area contributed by atoms with Crippen molar-refractivity contribution in [3.8, 4) is 5.75 Å². The van der Waals surface area contributed by atoms with E-state index in [0.29, 0.717) is 11.4 Å². The van der Waals surface area contributed by atoms with Crippen molar-refractivity contribution in [2.45, 2.75) is 33.1 Å². The first-order valence-corrected chi connectivity index (χ1v) is 10.7. The Morgan fingerprint density at radius 1 is 1.07 bits per heavy atom. The molecule has 0 radical (unpaired) electrons. The zero-order chi connectivity index (χ0) is 21.7. The van der Waals surface area contributed by atoms with Gasteiger partial charge in [-0.05, 0) is 47.9 Å². The molecule has 3 N–H and O–H groups in total. The average molecular weight is 411 g/mol. The van der Waals surface area contributed by atoms with Gasteiger partial charge < -0.3 is 25.6 Å². The van der Waals surface area contributed by atoms with E-state index in [-0.39, 0.29) is 17.9 Å². The summed E-state index contributed by atoms with van der Waals surface area (Å²) in [5, 5.41) is 2.98. The summed E-state index contributed by atoms with van der Waals surface area (Å²) >= 11 is 0. The van der Waals surface area contributed by atoms with Crippen LogP contribution in [0, 0.1) is 0 Å². The number of nitrogens with two attached hydrogens (primary N) is 1. The highest BCUT2D eigenvalue weighted by molar-refractivity contribution is 5.96. The van der Waals surface area contributed by atoms with Crippen molar-refractivity contribution in [2.24, 2.45) is 0 Å². The maximum atomic E-state index is 12.6. The van der Waals surface area contributed by atoms with Crippen LogP contribution in [0.25, 0.3) is 0 Å². The number of nitrogens with zero attached hydrogens (tertiary/aromatic N) is 2. The topological polar surface area (TPSA) is 70.8 Å². The van der Waals surface area contributed by atoms with E-state index in [2.05, 4.69) is 42.8 Å². The first-order valence-electron chi connectivity index (χ1n) is 10.7. The third kappa shape index (κ3) is 5.66. The first-order chi connectivity index (χ1) is 14.3. The van der Waals surface area contributed by atoms with Crippen molar-refractivity contribution in [3.63, 3.8) is 0 Å². The van der Waals surface area contributed by atoms with Gasteiger partial charge in [0.1, 0.15) is 5.75 Å². The summed E-state index contributed by atoms with van der Waals surface area (Å²) in [5.41, 5.74) is 9.66. The van der Waals surface area contributed by atoms with E-state index in [1.54, 1.807) is 0 Å². The number of anilines is 3. The normalized spacial score (nSPS) is 15.1. The van der Waals surface area contributed by atoms with E-state index in [4.69, 9.17) is 10.5 Å². The number of hydrogen-bond acceptors (Lipinski definition) is 5. The highest BCUT2D eigenvalue weighted by atomic mass is 16.5. The number of hydrogen-bond donors (Lipinski definition) is 2. The second-order valence-corrected chi connectivity index (χ2v) is 8.81. The van der Waals surface area contributed by atoms with Gasteiger partial charge >= 0.3 is 0 Å². The first kappa shape index (κ1) is 22.0. The molecule has 0 saturated carbocycles. The van der Waals surface area contributed by atoms with Crippen LogP contribution in [0.5, 0.6) is 5.75 Å². The van der Waals surface area contributed by atoms with Gasteiger partial charge in [-0.1, -0.05) is 39.8 Å². The monoisotopic (exact) mass is 410 g/mol. The number of rotatable bonds is 6. The molecule has 0 spiro atoms. The number of nitrogen functional groups attached to an aromatic ring is 1. The van der Waals surface area contributed by atoms with Crippen LogP contribution in [-0.4, -0.2) is 50.1 Å². The Balaban J connectivity index is 1.61. The van der Waals surface area contributed by atoms with Crippen molar-refractivity contribution >= 4 is 23.0 Å². The Bertz CT molecular complexity index is 850. The maximum Gasteiger partial charge on any atom is 0.262 e. The van der Waals surface area contributed by atoms with Gasteiger partial charge in [-0.2, -0.15) is 0 Å². The second-order valence-electron chi connectivity index (χ2n) is 8.81. The van der Waals surface area contributed by atoms with Crippen molar-refractivity contribution in [2.75, 3.05) is 55.3 Å². The van der Waals surface area contributed by atoms with Crippen molar-refractivity contribution < 1.29 is 9.53 Å². The van der Waals surface area contributed by atoms with Gasteiger partial charge in [0.15, 0.2) is 6.61 Å². The van der Waals surface area contributed by atoms with E-state index in [1.165, 1.54) is 5.56 Å². The summed E-state index contributed by atoms with van der Waals surface area (Å²) in [7, 11) is 0. The highest BCUT2D eigenvalue weighted by Gasteiger charge is 2.19. The van der Waals surface area contributed by atoms with Crippen LogP contribution in [0.4, 0.5) is 17.1 Å². The molecule has 30 heavy (non-hydrogen) atoms. The molecule has 2 aromatic carbocycles. The van der Waals surface area contributed by atoms with Gasteiger partial charge in [-0.25, -0.2) is 0 Å². The molecule has 3 rings (SSSR count). The average Bonchev–Trinajstić information content (AvgIpc) is 2.72. The lowest BCUT2D eigenvalue weighted by Crippen LogP contribution is -2.46. The smallest absolute Gasteiger partial charge is 0.262 e. The minimum absolute atomic E-state index is 0.0489. The minimum atomic E-state index is -0.200. The van der Waals surface area contributed by atoms with E-state index in [9.17, 15) is 4.79 Å². The molecule has 0 bridgehead atoms. The maximum absolute atomic E-state index is 12.6. The lowest BCUT2D eigenvalue weighted by molar-refractivity contribution is -0.118. The number of carbonyl (C=O) groups excluding carboxylic acids is 1. The Kier molecular flexibility index (Phi) is 6.87. The van der Waals surface area contributed by atoms with E-state index in [1.807, 2.05) is 42.5 Å². The molecule has 0 aromatic heterocycles. The molecule has 1 heterocycles. The number of amides is 1. The lowest BCUT2D eigenvalue weighted by atomic mass is 9.87. The number of likely N-dealkylation sites (N-methyl/N-ethyl adjacent to an activating group) is 1. The SMILES string of the molecule is CCN1CCN(c2ccc(N)cc2NC(=O)COc2ccc(C(C)(C)C)cc2)CC1. The van der Waals surface area contributed by atoms with Crippen LogP contribution in [0.15, 0.2) is 42.5 Å². The van der Waals surface area contributed by atoms with Gasteiger partial charge in [0.05, 0.1) is 11.4 Å². The molecule has 162 valence electrons. The van der Waals surface area contributed by atoms with Crippen LogP contribution < -0.4 is 20.7 Å². The van der Waals surface area contributed by atoms with Crippen LogP contribution in [0.3, 0.4) is 0 Å². The molecule has 1 aliphatic heterocycles. The number of ether oxygens (including phenoxy) is 1. The minimum Gasteiger partial charge on any atom is -0.484 e. The third-order valence-electron chi connectivity index (χ3n) is 5.55. The highest BCUT2D eigenvalue weighted by Crippen LogP contribution is 2.29. The molecule has 6 heteroatoms. The second kappa shape index (κ2) is 9.39. The van der Waals surface area contributed by atoms with Crippen LogP contribution in [0.1, 0.15) is 33.3 Å². The summed E-state index contributed by atoms with van der Waals surface area (Å²) in [6.45, 7) is 13.6. The third-order valence-corrected chi connectivity index (χ3v) is 5.55. The fraction of sp³-hybridized carbons (Fsp3) is 0.458. The van der Waals surface area contributed by atoms with Crippen LogP contribution >= 0.6 is 0 Å². The molecule has 1 aliphatic rings. The fourth-order valence-electron chi connectivity index (χ4n) is 3.62. The van der Waals surface area contributed by atoms with E-state index >= 15 is 0 Å². The summed E-state index contributed by atoms with van der Waals surface area (Å²) < 4.78 is 5.69. The van der Waals surface area contributed by atoms with E-state index < -0.39 is 0 Å². The van der Waals surface area contributed by atoms with Gasteiger partial charge in [-0.15, -0.1) is 0 Å². The number of carbonyl (C=O) groups is 1. The van der Waals surface area contributed by atoms with Crippen molar-refractivity contribution in [1.82, 2.24) is 4.90 Å². The molecule has 1 saturated heterocycles. The van der Waals surface area contributed by atoms with Crippen molar-refractivity contribution in [1.29, 1.82) is 0 Å². The van der Waals surface area contributed by atoms with E-state index in [0.717, 1.165) is 44.1 Å². The Labute approximate surface area is 180 Å². The zero-order valence-corrected chi connectivity index (χ0v) is 18.6. The largest absolute Gasteiger partial charge is 0.484 e. The fourth-order valence-corrected chi connectivity index (χ4v) is 3.62. The summed E-state index contributed by atoms with van der Waals surface area (Å²) in [4.78, 5) is 17.3. The van der Waals surface area contributed by atoms with Gasteiger partial charge in [0, 0.05) is 31.9 Å². The Hall–Kier alpha value is -2.73. The summed E-state index contributed by atoms with van der Waals surface area (Å²) in [6, 6.07) is 13.6. The molecule has 0 aliphatic carbocycles. The zero-order valence-electron chi connectivity index (χ0n) is 18.6. The number of nitrogens with one attached hydrogen (secondary N) is 1. The molecule has 0 unspecified atom stereocenters. The van der Waals surface area contributed by atoms with Gasteiger partial charge in [0.25, 0.3) is 5.91 Å². The molecule has 1 amide bonds. The molecular weight excluding hydrogens is 376 g/mol. The number of benzene rings is 2. The van der Waals surface area contributed by atoms with Gasteiger partial charge in [-0.3, -0.25) is 4.79 Å². The van der Waals surface area contributed by atoms with Crippen LogP contribution in [0.2, 0.25) is 0 Å². The summed E-state index contributed by atoms with van der Waals surface area (Å²) in [5.74, 6) is 0.482. The predicted molar refractivity (Wildman–Crippen MR) is 124 cm³/mol. The quantitative estimate of drug-likeness (QED) is 0.710. The van der Waals surface area contributed by atoms with Crippen molar-refractivity contribution in [3.05, 3.63) is 48.0 Å². The molecular formula is C24H34N4O2. The van der Waals surface area contributed by atoms with Crippen LogP contribution in [-0.2, 0) is 10.2 Å². The Morgan fingerprint density at radius 3 is 2.33 bits per heavy atom. The molecule has 6 nitrogen and oxygen atoms in total. The molecule has 2 aromatic rings. The number of piperazine rings is 1. The molecule has 1 fully saturated rings. The Morgan fingerprint density at radius 2 is 1.73 bits per heavy atom. The summed E-state index contributed by atoms with van der Waals surface area (Å²) in [6.07, 6.45) is 0. The van der Waals surface area contributed by atoms with Gasteiger partial charge in [0.2, 0.25) is 0 Å². The molecule has 0 atom stereocenters. The lowest BCUT2D eigenvalue weighted by Gasteiger charge is -2.36. The predicted octanol–water partition coefficient (Wildman–Crippen LogP) is 3.73.